The molecule has 1 atom stereocenters. The molecule has 0 bridgehead atoms. The molecule has 8 heteroatoms. The third-order valence-corrected chi connectivity index (χ3v) is 6.89. The zero-order chi connectivity index (χ0) is 28.1. The fourth-order valence-electron chi connectivity index (χ4n) is 4.45. The molecule has 0 radical (unpaired) electrons. The number of amides is 1. The van der Waals surface area contributed by atoms with Crippen molar-refractivity contribution in [2.75, 3.05) is 7.11 Å². The van der Waals surface area contributed by atoms with Gasteiger partial charge in [-0.1, -0.05) is 66.2 Å². The summed E-state index contributed by atoms with van der Waals surface area (Å²) in [5.74, 6) is -0.197. The summed E-state index contributed by atoms with van der Waals surface area (Å²) >= 11 is 6.03. The van der Waals surface area contributed by atoms with Crippen LogP contribution in [-0.2, 0) is 22.6 Å². The number of nitrogens with zero attached hydrogens (tertiary/aromatic N) is 2. The van der Waals surface area contributed by atoms with Gasteiger partial charge in [0.1, 0.15) is 24.0 Å². The van der Waals surface area contributed by atoms with E-state index in [1.807, 2.05) is 90.2 Å². The van der Waals surface area contributed by atoms with Crippen LogP contribution >= 0.6 is 11.6 Å². The first-order valence-electron chi connectivity index (χ1n) is 12.8. The van der Waals surface area contributed by atoms with Crippen molar-refractivity contribution in [1.82, 2.24) is 14.7 Å². The molecule has 1 amide bonds. The van der Waals surface area contributed by atoms with Crippen LogP contribution in [0.4, 0.5) is 0 Å². The van der Waals surface area contributed by atoms with Crippen molar-refractivity contribution in [3.05, 3.63) is 125 Å². The SMILES string of the molecule is COC(=O)[C@H](Cc1ccc(OCc2ccccc2)cc1)NC(=O)c1ccc2nc(-c3ccc(Cl)cc3)c(C)n2c1. The third-order valence-electron chi connectivity index (χ3n) is 6.64. The van der Waals surface area contributed by atoms with Gasteiger partial charge in [-0.3, -0.25) is 4.79 Å². The minimum atomic E-state index is -0.863. The molecule has 2 heterocycles. The molecule has 0 aliphatic rings. The Balaban J connectivity index is 1.29. The highest BCUT2D eigenvalue weighted by molar-refractivity contribution is 6.30. The van der Waals surface area contributed by atoms with Gasteiger partial charge in [0, 0.05) is 28.9 Å². The molecule has 0 saturated heterocycles. The van der Waals surface area contributed by atoms with Gasteiger partial charge in [-0.25, -0.2) is 9.78 Å². The first-order chi connectivity index (χ1) is 19.4. The lowest BCUT2D eigenvalue weighted by atomic mass is 10.1. The molecule has 0 spiro atoms. The van der Waals surface area contributed by atoms with E-state index in [-0.39, 0.29) is 12.3 Å². The number of aromatic nitrogens is 2. The maximum Gasteiger partial charge on any atom is 0.328 e. The number of esters is 1. The Hall–Kier alpha value is -4.62. The summed E-state index contributed by atoms with van der Waals surface area (Å²) in [5.41, 5.74) is 5.65. The van der Waals surface area contributed by atoms with Crippen LogP contribution in [0.1, 0.15) is 27.2 Å². The Labute approximate surface area is 237 Å². The van der Waals surface area contributed by atoms with E-state index in [4.69, 9.17) is 26.1 Å². The van der Waals surface area contributed by atoms with E-state index in [1.165, 1.54) is 7.11 Å². The number of methoxy groups -OCH3 is 1. The van der Waals surface area contributed by atoms with Gasteiger partial charge in [-0.15, -0.1) is 0 Å². The Morgan fingerprint density at radius 2 is 1.65 bits per heavy atom. The van der Waals surface area contributed by atoms with Crippen molar-refractivity contribution < 1.29 is 19.1 Å². The number of ether oxygens (including phenoxy) is 2. The second kappa shape index (κ2) is 12.1. The number of carbonyl (C=O) groups is 2. The molecule has 7 nitrogen and oxygen atoms in total. The molecular weight excluding hydrogens is 526 g/mol. The highest BCUT2D eigenvalue weighted by Gasteiger charge is 2.23. The summed E-state index contributed by atoms with van der Waals surface area (Å²) in [6, 6.07) is 27.4. The van der Waals surface area contributed by atoms with Crippen molar-refractivity contribution in [2.24, 2.45) is 0 Å². The van der Waals surface area contributed by atoms with Crippen LogP contribution in [0.15, 0.2) is 97.2 Å². The van der Waals surface area contributed by atoms with Gasteiger partial charge in [0.05, 0.1) is 18.4 Å². The van der Waals surface area contributed by atoms with Gasteiger partial charge in [0.2, 0.25) is 0 Å². The maximum absolute atomic E-state index is 13.2. The number of aryl methyl sites for hydroxylation is 1. The molecule has 3 aromatic carbocycles. The second-order valence-corrected chi connectivity index (χ2v) is 9.81. The number of halogens is 1. The molecule has 0 unspecified atom stereocenters. The van der Waals surface area contributed by atoms with Gasteiger partial charge in [-0.2, -0.15) is 0 Å². The van der Waals surface area contributed by atoms with Gasteiger partial charge in [0.25, 0.3) is 5.91 Å². The molecule has 5 rings (SSSR count). The Morgan fingerprint density at radius 3 is 2.35 bits per heavy atom. The first-order valence-corrected chi connectivity index (χ1v) is 13.2. The van der Waals surface area contributed by atoms with E-state index in [1.54, 1.807) is 18.3 Å². The lowest BCUT2D eigenvalue weighted by molar-refractivity contribution is -0.142. The van der Waals surface area contributed by atoms with Gasteiger partial charge < -0.3 is 19.2 Å². The standard InChI is InChI=1S/C32H28ClN3O4/c1-21-30(24-10-13-26(33)14-11-24)35-29-17-12-25(19-36(21)29)31(37)34-28(32(38)39-2)18-22-8-15-27(16-9-22)40-20-23-6-4-3-5-7-23/h3-17,19,28H,18,20H2,1-2H3,(H,34,37)/t28-/m0/s1. The number of benzene rings is 3. The smallest absolute Gasteiger partial charge is 0.328 e. The van der Waals surface area contributed by atoms with Crippen molar-refractivity contribution in [2.45, 2.75) is 26.0 Å². The summed E-state index contributed by atoms with van der Waals surface area (Å²) in [6.45, 7) is 2.40. The number of fused-ring (bicyclic) bond motifs is 1. The number of hydrogen-bond acceptors (Lipinski definition) is 5. The monoisotopic (exact) mass is 553 g/mol. The molecule has 1 N–H and O–H groups in total. The lowest BCUT2D eigenvalue weighted by Crippen LogP contribution is -2.43. The predicted molar refractivity (Wildman–Crippen MR) is 155 cm³/mol. The fraction of sp³-hybridized carbons (Fsp3) is 0.156. The average molecular weight is 554 g/mol. The largest absolute Gasteiger partial charge is 0.489 e. The zero-order valence-corrected chi connectivity index (χ0v) is 22.9. The maximum atomic E-state index is 13.2. The van der Waals surface area contributed by atoms with Crippen LogP contribution in [0.5, 0.6) is 5.75 Å². The molecule has 202 valence electrons. The number of imidazole rings is 1. The lowest BCUT2D eigenvalue weighted by Gasteiger charge is -2.17. The molecule has 0 aliphatic heterocycles. The molecule has 0 fully saturated rings. The van der Waals surface area contributed by atoms with Gasteiger partial charge in [0.15, 0.2) is 0 Å². The summed E-state index contributed by atoms with van der Waals surface area (Å²) in [5, 5.41) is 3.48. The molecular formula is C32H28ClN3O4. The van der Waals surface area contributed by atoms with Crippen molar-refractivity contribution >= 4 is 29.1 Å². The van der Waals surface area contributed by atoms with Crippen LogP contribution < -0.4 is 10.1 Å². The Kier molecular flexibility index (Phi) is 8.12. The second-order valence-electron chi connectivity index (χ2n) is 9.37. The van der Waals surface area contributed by atoms with Crippen molar-refractivity contribution in [3.8, 4) is 17.0 Å². The molecule has 40 heavy (non-hydrogen) atoms. The number of pyridine rings is 1. The minimum absolute atomic E-state index is 0.268. The summed E-state index contributed by atoms with van der Waals surface area (Å²) in [6.07, 6.45) is 1.99. The normalized spacial score (nSPS) is 11.7. The summed E-state index contributed by atoms with van der Waals surface area (Å²) < 4.78 is 12.7. The first kappa shape index (κ1) is 27.0. The minimum Gasteiger partial charge on any atom is -0.489 e. The third kappa shape index (κ3) is 6.16. The van der Waals surface area contributed by atoms with Crippen LogP contribution in [0.3, 0.4) is 0 Å². The number of rotatable bonds is 9. The van der Waals surface area contributed by atoms with E-state index < -0.39 is 12.0 Å². The van der Waals surface area contributed by atoms with E-state index in [0.29, 0.717) is 28.6 Å². The number of nitrogens with one attached hydrogen (secondary N) is 1. The van der Waals surface area contributed by atoms with Crippen molar-refractivity contribution in [3.63, 3.8) is 0 Å². The quantitative estimate of drug-likeness (QED) is 0.224. The van der Waals surface area contributed by atoms with Crippen LogP contribution in [0.2, 0.25) is 5.02 Å². The van der Waals surface area contributed by atoms with Gasteiger partial charge >= 0.3 is 5.97 Å². The molecule has 5 aromatic rings. The number of carbonyl (C=O) groups excluding carboxylic acids is 2. The summed E-state index contributed by atoms with van der Waals surface area (Å²) in [7, 11) is 1.31. The highest BCUT2D eigenvalue weighted by atomic mass is 35.5. The Bertz CT molecular complexity index is 1630. The number of hydrogen-bond donors (Lipinski definition) is 1. The molecule has 2 aromatic heterocycles. The molecule has 0 aliphatic carbocycles. The van der Waals surface area contributed by atoms with E-state index >= 15 is 0 Å². The van der Waals surface area contributed by atoms with E-state index in [2.05, 4.69) is 5.32 Å². The van der Waals surface area contributed by atoms with Crippen LogP contribution in [0.25, 0.3) is 16.9 Å². The van der Waals surface area contributed by atoms with Crippen LogP contribution in [-0.4, -0.2) is 34.4 Å². The van der Waals surface area contributed by atoms with Gasteiger partial charge in [-0.05, 0) is 54.4 Å². The van der Waals surface area contributed by atoms with Crippen molar-refractivity contribution in [1.29, 1.82) is 0 Å². The predicted octanol–water partition coefficient (Wildman–Crippen LogP) is 6.06. The van der Waals surface area contributed by atoms with E-state index in [9.17, 15) is 9.59 Å². The average Bonchev–Trinajstić information content (AvgIpc) is 3.32. The fourth-order valence-corrected chi connectivity index (χ4v) is 4.58. The topological polar surface area (TPSA) is 81.9 Å². The van der Waals surface area contributed by atoms with Crippen LogP contribution in [0, 0.1) is 6.92 Å². The zero-order valence-electron chi connectivity index (χ0n) is 22.1. The van der Waals surface area contributed by atoms with E-state index in [0.717, 1.165) is 28.1 Å². The Morgan fingerprint density at radius 1 is 0.925 bits per heavy atom. The highest BCUT2D eigenvalue weighted by Crippen LogP contribution is 2.25. The summed E-state index contributed by atoms with van der Waals surface area (Å²) in [4.78, 5) is 30.5. The molecule has 0 saturated carbocycles.